The van der Waals surface area contributed by atoms with Crippen molar-refractivity contribution in [2.45, 2.75) is 19.5 Å². The van der Waals surface area contributed by atoms with Gasteiger partial charge in [-0.1, -0.05) is 53.7 Å². The Morgan fingerprint density at radius 2 is 1.86 bits per heavy atom. The molecule has 37 heavy (non-hydrogen) atoms. The van der Waals surface area contributed by atoms with Crippen LogP contribution < -0.4 is 19.5 Å². The molecule has 0 saturated carbocycles. The molecule has 186 valence electrons. The molecule has 4 aromatic rings. The highest BCUT2D eigenvalue weighted by Crippen LogP contribution is 2.39. The van der Waals surface area contributed by atoms with Crippen molar-refractivity contribution in [3.63, 3.8) is 0 Å². The quantitative estimate of drug-likeness (QED) is 0.393. The van der Waals surface area contributed by atoms with Gasteiger partial charge in [0.15, 0.2) is 11.5 Å². The van der Waals surface area contributed by atoms with Gasteiger partial charge in [0.2, 0.25) is 12.6 Å². The first-order valence-corrected chi connectivity index (χ1v) is 11.8. The second-order valence-electron chi connectivity index (χ2n) is 8.72. The number of allylic oxidation sites excluding steroid dienone is 1. The van der Waals surface area contributed by atoms with Crippen molar-refractivity contribution in [2.24, 2.45) is 0 Å². The molecule has 0 radical (unpaired) electrons. The van der Waals surface area contributed by atoms with Crippen LogP contribution in [-0.4, -0.2) is 35.0 Å². The van der Waals surface area contributed by atoms with Gasteiger partial charge in [-0.2, -0.15) is 4.98 Å². The van der Waals surface area contributed by atoms with Crippen molar-refractivity contribution in [3.05, 3.63) is 95.5 Å². The van der Waals surface area contributed by atoms with Crippen LogP contribution in [0.25, 0.3) is 17.0 Å². The number of fused-ring (bicyclic) bond motifs is 1. The van der Waals surface area contributed by atoms with Crippen LogP contribution in [0.5, 0.6) is 17.2 Å². The van der Waals surface area contributed by atoms with E-state index in [2.05, 4.69) is 10.5 Å². The molecule has 2 aliphatic heterocycles. The van der Waals surface area contributed by atoms with E-state index in [0.29, 0.717) is 46.8 Å². The van der Waals surface area contributed by atoms with E-state index < -0.39 is 6.04 Å². The molecule has 0 saturated heterocycles. The highest BCUT2D eigenvalue weighted by Gasteiger charge is 2.36. The lowest BCUT2D eigenvalue weighted by atomic mass is 9.94. The number of nitrogens with zero attached hydrogens (tertiary/aromatic N) is 3. The third kappa shape index (κ3) is 4.24. The minimum Gasteiger partial charge on any atom is -0.497 e. The van der Waals surface area contributed by atoms with Gasteiger partial charge in [0.1, 0.15) is 5.75 Å². The molecule has 6 rings (SSSR count). The molecule has 2 aliphatic rings. The molecule has 1 aromatic heterocycles. The van der Waals surface area contributed by atoms with E-state index in [1.807, 2.05) is 79.7 Å². The van der Waals surface area contributed by atoms with Gasteiger partial charge in [-0.3, -0.25) is 4.90 Å². The van der Waals surface area contributed by atoms with Gasteiger partial charge in [-0.25, -0.2) is 4.79 Å². The van der Waals surface area contributed by atoms with E-state index in [1.165, 1.54) is 0 Å². The van der Waals surface area contributed by atoms with Crippen molar-refractivity contribution in [2.75, 3.05) is 13.9 Å². The number of hydrogen-bond donors (Lipinski definition) is 1. The summed E-state index contributed by atoms with van der Waals surface area (Å²) in [5.74, 6) is 2.84. The summed E-state index contributed by atoms with van der Waals surface area (Å²) in [7, 11) is 1.61. The second-order valence-corrected chi connectivity index (χ2v) is 8.72. The van der Waals surface area contributed by atoms with Crippen molar-refractivity contribution >= 4 is 11.6 Å². The zero-order valence-electron chi connectivity index (χ0n) is 20.3. The zero-order valence-corrected chi connectivity index (χ0v) is 20.3. The van der Waals surface area contributed by atoms with E-state index in [0.717, 1.165) is 16.7 Å². The van der Waals surface area contributed by atoms with E-state index in [4.69, 9.17) is 23.7 Å². The van der Waals surface area contributed by atoms with Gasteiger partial charge in [-0.05, 0) is 42.3 Å². The molecular weight excluding hydrogens is 472 g/mol. The van der Waals surface area contributed by atoms with Gasteiger partial charge in [0, 0.05) is 11.3 Å². The molecule has 1 atom stereocenters. The molecule has 0 bridgehead atoms. The molecule has 1 unspecified atom stereocenters. The van der Waals surface area contributed by atoms with Crippen molar-refractivity contribution in [3.8, 4) is 28.6 Å². The van der Waals surface area contributed by atoms with Crippen LogP contribution in [0.15, 0.2) is 83.0 Å². The Balaban J connectivity index is 1.43. The largest absolute Gasteiger partial charge is 0.497 e. The lowest BCUT2D eigenvalue weighted by Crippen LogP contribution is -2.45. The standard InChI is InChI=1S/C28H24N4O5/c1-17-24(27-30-26(31-37-27)19-7-4-3-5-8-19)25(20-9-6-10-21(14-20)34-2)29-28(33)32(17)15-18-11-12-22-23(13-18)36-16-35-22/h3-14,25H,15-16H2,1-2H3,(H,29,33). The normalized spacial score (nSPS) is 16.6. The Labute approximate surface area is 213 Å². The third-order valence-electron chi connectivity index (χ3n) is 6.49. The van der Waals surface area contributed by atoms with Crippen LogP contribution in [0.3, 0.4) is 0 Å². The van der Waals surface area contributed by atoms with Gasteiger partial charge < -0.3 is 24.1 Å². The first-order chi connectivity index (χ1) is 18.1. The number of hydrogen-bond acceptors (Lipinski definition) is 7. The molecule has 0 spiro atoms. The molecule has 0 fully saturated rings. The summed E-state index contributed by atoms with van der Waals surface area (Å²) >= 11 is 0. The SMILES string of the molecule is COc1cccc(C2NC(=O)N(Cc3ccc4c(c3)OCO4)C(C)=C2c2nc(-c3ccccc3)no2)c1. The van der Waals surface area contributed by atoms with Crippen LogP contribution in [0.1, 0.15) is 30.0 Å². The summed E-state index contributed by atoms with van der Waals surface area (Å²) in [4.78, 5) is 19.8. The average molecular weight is 497 g/mol. The number of carbonyl (C=O) groups excluding carboxylic acids is 1. The van der Waals surface area contributed by atoms with Crippen LogP contribution in [0.4, 0.5) is 4.79 Å². The van der Waals surface area contributed by atoms with Crippen LogP contribution in [0.2, 0.25) is 0 Å². The molecule has 3 aromatic carbocycles. The van der Waals surface area contributed by atoms with Gasteiger partial charge >= 0.3 is 6.03 Å². The monoisotopic (exact) mass is 496 g/mol. The summed E-state index contributed by atoms with van der Waals surface area (Å²) in [5, 5.41) is 7.34. The van der Waals surface area contributed by atoms with E-state index >= 15 is 0 Å². The summed E-state index contributed by atoms with van der Waals surface area (Å²) in [5.41, 5.74) is 3.99. The number of urea groups is 1. The molecule has 3 heterocycles. The molecule has 9 nitrogen and oxygen atoms in total. The number of benzene rings is 3. The third-order valence-corrected chi connectivity index (χ3v) is 6.49. The van der Waals surface area contributed by atoms with Crippen molar-refractivity contribution < 1.29 is 23.5 Å². The summed E-state index contributed by atoms with van der Waals surface area (Å²) in [6.45, 7) is 2.40. The van der Waals surface area contributed by atoms with Gasteiger partial charge in [0.05, 0.1) is 25.3 Å². The average Bonchev–Trinajstić information content (AvgIpc) is 3.61. The Morgan fingerprint density at radius 3 is 2.70 bits per heavy atom. The van der Waals surface area contributed by atoms with E-state index in [9.17, 15) is 4.79 Å². The molecule has 0 aliphatic carbocycles. The number of rotatable bonds is 6. The predicted octanol–water partition coefficient (Wildman–Crippen LogP) is 5.17. The Bertz CT molecular complexity index is 1500. The second kappa shape index (κ2) is 9.34. The van der Waals surface area contributed by atoms with Crippen molar-refractivity contribution in [1.29, 1.82) is 0 Å². The topological polar surface area (TPSA) is 99.0 Å². The number of nitrogens with one attached hydrogen (secondary N) is 1. The number of methoxy groups -OCH3 is 1. The molecule has 9 heteroatoms. The van der Waals surface area contributed by atoms with E-state index in [1.54, 1.807) is 12.0 Å². The fraction of sp³-hybridized carbons (Fsp3) is 0.179. The minimum atomic E-state index is -0.514. The van der Waals surface area contributed by atoms with Gasteiger partial charge in [-0.15, -0.1) is 0 Å². The maximum absolute atomic E-state index is 13.4. The molecule has 2 amide bonds. The van der Waals surface area contributed by atoms with Crippen LogP contribution in [-0.2, 0) is 6.54 Å². The lowest BCUT2D eigenvalue weighted by Gasteiger charge is -2.35. The minimum absolute atomic E-state index is 0.190. The fourth-order valence-corrected chi connectivity index (χ4v) is 4.58. The zero-order chi connectivity index (χ0) is 25.4. The predicted molar refractivity (Wildman–Crippen MR) is 135 cm³/mol. The summed E-state index contributed by atoms with van der Waals surface area (Å²) in [6.07, 6.45) is 0. The maximum Gasteiger partial charge on any atom is 0.322 e. The number of aromatic nitrogens is 2. The fourth-order valence-electron chi connectivity index (χ4n) is 4.58. The first kappa shape index (κ1) is 22.7. The van der Waals surface area contributed by atoms with E-state index in [-0.39, 0.29) is 12.8 Å². The summed E-state index contributed by atoms with van der Waals surface area (Å²) < 4.78 is 22.1. The Morgan fingerprint density at radius 1 is 1.03 bits per heavy atom. The number of amides is 2. The summed E-state index contributed by atoms with van der Waals surface area (Å²) in [6, 6.07) is 22.1. The highest BCUT2D eigenvalue weighted by atomic mass is 16.7. The van der Waals surface area contributed by atoms with Crippen molar-refractivity contribution in [1.82, 2.24) is 20.4 Å². The maximum atomic E-state index is 13.4. The van der Waals surface area contributed by atoms with Crippen LogP contribution >= 0.6 is 0 Å². The Kier molecular flexibility index (Phi) is 5.72. The lowest BCUT2D eigenvalue weighted by molar-refractivity contribution is 0.174. The van der Waals surface area contributed by atoms with Gasteiger partial charge in [0.25, 0.3) is 5.89 Å². The smallest absolute Gasteiger partial charge is 0.322 e. The molecule has 1 N–H and O–H groups in total. The Hall–Kier alpha value is -4.79. The number of carbonyl (C=O) groups is 1. The van der Waals surface area contributed by atoms with Crippen LogP contribution in [0, 0.1) is 0 Å². The first-order valence-electron chi connectivity index (χ1n) is 11.8. The highest BCUT2D eigenvalue weighted by molar-refractivity contribution is 5.87. The molecular formula is C28H24N4O5. The number of ether oxygens (including phenoxy) is 3.